The fourth-order valence-electron chi connectivity index (χ4n) is 1.13. The van der Waals surface area contributed by atoms with Gasteiger partial charge in [0.1, 0.15) is 5.84 Å². The molecule has 0 saturated carbocycles. The maximum atomic E-state index is 8.57. The molecule has 0 heterocycles. The lowest BCUT2D eigenvalue weighted by atomic mass is 9.88. The first-order valence-corrected chi connectivity index (χ1v) is 5.22. The van der Waals surface area contributed by atoms with Crippen LogP contribution < -0.4 is 11.1 Å². The summed E-state index contributed by atoms with van der Waals surface area (Å²) < 4.78 is 4.93. The van der Waals surface area contributed by atoms with Crippen LogP contribution >= 0.6 is 0 Å². The Hall–Kier alpha value is -0.810. The summed E-state index contributed by atoms with van der Waals surface area (Å²) in [5, 5.41) is 14.9. The highest BCUT2D eigenvalue weighted by molar-refractivity contribution is 5.85. The van der Waals surface area contributed by atoms with Crippen LogP contribution in [-0.2, 0) is 4.74 Å². The molecule has 0 spiro atoms. The molecule has 0 unspecified atom stereocenters. The predicted octanol–water partition coefficient (Wildman–Crippen LogP) is 0.775. The Morgan fingerprint density at radius 3 is 2.67 bits per heavy atom. The van der Waals surface area contributed by atoms with Crippen molar-refractivity contribution in [2.24, 2.45) is 16.3 Å². The van der Waals surface area contributed by atoms with Crippen molar-refractivity contribution in [3.63, 3.8) is 0 Å². The van der Waals surface area contributed by atoms with Crippen molar-refractivity contribution in [1.82, 2.24) is 5.32 Å². The summed E-state index contributed by atoms with van der Waals surface area (Å²) in [5.41, 5.74) is 5.30. The number of nitrogens with zero attached hydrogens (tertiary/aromatic N) is 1. The van der Waals surface area contributed by atoms with Crippen molar-refractivity contribution in [2.75, 3.05) is 26.8 Å². The molecule has 0 atom stereocenters. The second kappa shape index (κ2) is 7.48. The van der Waals surface area contributed by atoms with E-state index in [1.165, 1.54) is 0 Å². The highest BCUT2D eigenvalue weighted by atomic mass is 16.5. The normalized spacial score (nSPS) is 13.1. The van der Waals surface area contributed by atoms with Crippen molar-refractivity contribution in [3.8, 4) is 0 Å². The fraction of sp³-hybridized carbons (Fsp3) is 0.900. The lowest BCUT2D eigenvalue weighted by molar-refractivity contribution is 0.194. The Balaban J connectivity index is 3.58. The van der Waals surface area contributed by atoms with Crippen molar-refractivity contribution in [2.45, 2.75) is 26.7 Å². The first-order chi connectivity index (χ1) is 7.04. The largest absolute Gasteiger partial charge is 0.409 e. The third-order valence-corrected chi connectivity index (χ3v) is 2.43. The van der Waals surface area contributed by atoms with Crippen LogP contribution in [0.5, 0.6) is 0 Å². The zero-order valence-corrected chi connectivity index (χ0v) is 9.92. The summed E-state index contributed by atoms with van der Waals surface area (Å²) in [6, 6.07) is 0. The number of hydrogen-bond donors (Lipinski definition) is 3. The Kier molecular flexibility index (Phi) is 7.07. The van der Waals surface area contributed by atoms with E-state index in [4.69, 9.17) is 15.7 Å². The lowest BCUT2D eigenvalue weighted by Crippen LogP contribution is -2.35. The quantitative estimate of drug-likeness (QED) is 0.184. The molecule has 0 saturated heterocycles. The number of amidine groups is 1. The van der Waals surface area contributed by atoms with Gasteiger partial charge in [0, 0.05) is 19.1 Å². The first kappa shape index (κ1) is 14.2. The van der Waals surface area contributed by atoms with E-state index < -0.39 is 0 Å². The van der Waals surface area contributed by atoms with Gasteiger partial charge in [-0.1, -0.05) is 19.0 Å². The summed E-state index contributed by atoms with van der Waals surface area (Å²) in [4.78, 5) is 0. The third kappa shape index (κ3) is 6.30. The number of nitrogens with two attached hydrogens (primary N) is 1. The van der Waals surface area contributed by atoms with Crippen molar-refractivity contribution in [1.29, 1.82) is 0 Å². The Morgan fingerprint density at radius 2 is 2.13 bits per heavy atom. The van der Waals surface area contributed by atoms with Crippen molar-refractivity contribution < 1.29 is 9.94 Å². The molecule has 0 radical (unpaired) electrons. The SMILES string of the molecule is COCCCNCCC(C)(C)C(N)=NO. The summed E-state index contributed by atoms with van der Waals surface area (Å²) in [7, 11) is 1.70. The van der Waals surface area contributed by atoms with Crippen molar-refractivity contribution >= 4 is 5.84 Å². The summed E-state index contributed by atoms with van der Waals surface area (Å²) >= 11 is 0. The summed E-state index contributed by atoms with van der Waals surface area (Å²) in [6.45, 7) is 6.47. The molecule has 0 aromatic rings. The molecule has 5 heteroatoms. The number of rotatable bonds is 8. The lowest BCUT2D eigenvalue weighted by Gasteiger charge is -2.22. The van der Waals surface area contributed by atoms with Gasteiger partial charge in [0.2, 0.25) is 0 Å². The second-order valence-electron chi connectivity index (χ2n) is 4.22. The average molecular weight is 217 g/mol. The van der Waals surface area contributed by atoms with E-state index in [1.54, 1.807) is 7.11 Å². The van der Waals surface area contributed by atoms with E-state index in [9.17, 15) is 0 Å². The van der Waals surface area contributed by atoms with Gasteiger partial charge in [0.05, 0.1) is 0 Å². The monoisotopic (exact) mass is 217 g/mol. The van der Waals surface area contributed by atoms with Crippen LogP contribution in [0.15, 0.2) is 5.16 Å². The molecule has 0 fully saturated rings. The van der Waals surface area contributed by atoms with Gasteiger partial charge in [-0.05, 0) is 25.9 Å². The minimum absolute atomic E-state index is 0.261. The highest BCUT2D eigenvalue weighted by Gasteiger charge is 2.22. The van der Waals surface area contributed by atoms with Crippen LogP contribution in [0, 0.1) is 5.41 Å². The molecule has 5 nitrogen and oxygen atoms in total. The van der Waals surface area contributed by atoms with Gasteiger partial charge < -0.3 is 21.0 Å². The van der Waals surface area contributed by atoms with E-state index in [0.717, 1.165) is 32.5 Å². The van der Waals surface area contributed by atoms with Crippen LogP contribution in [0.4, 0.5) is 0 Å². The number of ether oxygens (including phenoxy) is 1. The topological polar surface area (TPSA) is 79.9 Å². The maximum absolute atomic E-state index is 8.57. The minimum Gasteiger partial charge on any atom is -0.409 e. The minimum atomic E-state index is -0.261. The molecule has 0 aliphatic carbocycles. The van der Waals surface area contributed by atoms with Gasteiger partial charge in [-0.3, -0.25) is 0 Å². The van der Waals surface area contributed by atoms with Gasteiger partial charge >= 0.3 is 0 Å². The van der Waals surface area contributed by atoms with Gasteiger partial charge in [-0.2, -0.15) is 0 Å². The molecule has 0 aromatic carbocycles. The molecular weight excluding hydrogens is 194 g/mol. The van der Waals surface area contributed by atoms with Gasteiger partial charge in [-0.25, -0.2) is 0 Å². The molecule has 4 N–H and O–H groups in total. The molecule has 90 valence electrons. The van der Waals surface area contributed by atoms with E-state index in [-0.39, 0.29) is 11.3 Å². The molecular formula is C10H23N3O2. The third-order valence-electron chi connectivity index (χ3n) is 2.43. The molecule has 0 bridgehead atoms. The van der Waals surface area contributed by atoms with Gasteiger partial charge in [0.15, 0.2) is 0 Å². The highest BCUT2D eigenvalue weighted by Crippen LogP contribution is 2.19. The zero-order valence-electron chi connectivity index (χ0n) is 9.92. The summed E-state index contributed by atoms with van der Waals surface area (Å²) in [5.74, 6) is 0.279. The van der Waals surface area contributed by atoms with Crippen molar-refractivity contribution in [3.05, 3.63) is 0 Å². The zero-order chi connectivity index (χ0) is 11.7. The Bertz CT molecular complexity index is 193. The predicted molar refractivity (Wildman–Crippen MR) is 61.2 cm³/mol. The van der Waals surface area contributed by atoms with Gasteiger partial charge in [-0.15, -0.1) is 0 Å². The van der Waals surface area contributed by atoms with Crippen LogP contribution in [-0.4, -0.2) is 37.8 Å². The standard InChI is InChI=1S/C10H23N3O2/c1-10(2,9(11)13-14)5-7-12-6-4-8-15-3/h12,14H,4-8H2,1-3H3,(H2,11,13). The number of oxime groups is 1. The smallest absolute Gasteiger partial charge is 0.144 e. The number of nitrogens with one attached hydrogen (secondary N) is 1. The second-order valence-corrected chi connectivity index (χ2v) is 4.22. The van der Waals surface area contributed by atoms with E-state index in [1.807, 2.05) is 13.8 Å². The molecule has 0 aliphatic rings. The van der Waals surface area contributed by atoms with Gasteiger partial charge in [0.25, 0.3) is 0 Å². The van der Waals surface area contributed by atoms with E-state index in [0.29, 0.717) is 0 Å². The number of hydrogen-bond acceptors (Lipinski definition) is 4. The van der Waals surface area contributed by atoms with Crippen LogP contribution in [0.25, 0.3) is 0 Å². The van der Waals surface area contributed by atoms with Crippen LogP contribution in [0.2, 0.25) is 0 Å². The average Bonchev–Trinajstić information content (AvgIpc) is 2.22. The Labute approximate surface area is 91.7 Å². The number of methoxy groups -OCH3 is 1. The van der Waals surface area contributed by atoms with E-state index in [2.05, 4.69) is 10.5 Å². The molecule has 0 aliphatic heterocycles. The van der Waals surface area contributed by atoms with E-state index >= 15 is 0 Å². The Morgan fingerprint density at radius 1 is 1.47 bits per heavy atom. The van der Waals surface area contributed by atoms with Crippen LogP contribution in [0.3, 0.4) is 0 Å². The fourth-order valence-corrected chi connectivity index (χ4v) is 1.13. The molecule has 15 heavy (non-hydrogen) atoms. The molecule has 0 rings (SSSR count). The summed E-state index contributed by atoms with van der Waals surface area (Å²) in [6.07, 6.45) is 1.84. The first-order valence-electron chi connectivity index (χ1n) is 5.22. The maximum Gasteiger partial charge on any atom is 0.144 e. The molecule has 0 amide bonds. The molecule has 0 aromatic heterocycles. The van der Waals surface area contributed by atoms with Crippen LogP contribution in [0.1, 0.15) is 26.7 Å².